The zero-order valence-corrected chi connectivity index (χ0v) is 19.7. The molecule has 6 nitrogen and oxygen atoms in total. The third-order valence-electron chi connectivity index (χ3n) is 5.91. The minimum atomic E-state index is -1.40. The summed E-state index contributed by atoms with van der Waals surface area (Å²) < 4.78 is 29.2. The highest BCUT2D eigenvalue weighted by molar-refractivity contribution is 7.12. The molecule has 1 aliphatic rings. The summed E-state index contributed by atoms with van der Waals surface area (Å²) in [7, 11) is 0. The van der Waals surface area contributed by atoms with Crippen molar-refractivity contribution in [3.05, 3.63) is 88.1 Å². The third-order valence-corrected chi connectivity index (χ3v) is 6.78. The highest BCUT2D eigenvalue weighted by Crippen LogP contribution is 2.31. The van der Waals surface area contributed by atoms with Crippen LogP contribution in [0.5, 0.6) is 0 Å². The first-order valence-corrected chi connectivity index (χ1v) is 12.3. The molecule has 1 aromatic heterocycles. The number of hydrogen-bond acceptors (Lipinski definition) is 4. The molecule has 9 heteroatoms. The van der Waals surface area contributed by atoms with Gasteiger partial charge in [-0.15, -0.1) is 11.3 Å². The number of hydrogen-bond donors (Lipinski definition) is 2. The second-order valence-corrected chi connectivity index (χ2v) is 9.27. The molecule has 35 heavy (non-hydrogen) atoms. The van der Waals surface area contributed by atoms with Crippen LogP contribution in [-0.2, 0) is 9.59 Å². The van der Waals surface area contributed by atoms with E-state index in [-0.39, 0.29) is 17.3 Å². The van der Waals surface area contributed by atoms with E-state index in [4.69, 9.17) is 0 Å². The summed E-state index contributed by atoms with van der Waals surface area (Å²) in [4.78, 5) is 40.9. The fourth-order valence-corrected chi connectivity index (χ4v) is 4.88. The molecule has 1 aliphatic carbocycles. The zero-order valence-electron chi connectivity index (χ0n) is 18.9. The predicted octanol–water partition coefficient (Wildman–Crippen LogP) is 4.59. The molecule has 0 saturated heterocycles. The summed E-state index contributed by atoms with van der Waals surface area (Å²) in [6.07, 6.45) is 3.52. The van der Waals surface area contributed by atoms with Crippen LogP contribution in [0.4, 0.5) is 14.5 Å². The van der Waals surface area contributed by atoms with Crippen molar-refractivity contribution in [2.45, 2.75) is 37.8 Å². The van der Waals surface area contributed by atoms with Crippen LogP contribution in [0.25, 0.3) is 0 Å². The SMILES string of the molecule is O=C(NCC(=O)N(c1cccc(F)c1)[C@H](C(=O)NC1CCCC1)c1ccccc1F)c1cccs1. The van der Waals surface area contributed by atoms with Gasteiger partial charge >= 0.3 is 0 Å². The Balaban J connectivity index is 1.70. The third kappa shape index (κ3) is 5.92. The van der Waals surface area contributed by atoms with E-state index in [1.807, 2.05) is 0 Å². The Hall–Kier alpha value is -3.59. The van der Waals surface area contributed by atoms with E-state index >= 15 is 0 Å². The van der Waals surface area contributed by atoms with E-state index < -0.39 is 41.9 Å². The van der Waals surface area contributed by atoms with E-state index in [2.05, 4.69) is 10.6 Å². The Labute approximate surface area is 206 Å². The second kappa shape index (κ2) is 11.2. The summed E-state index contributed by atoms with van der Waals surface area (Å²) in [5.41, 5.74) is 0.0559. The molecule has 4 rings (SSSR count). The maximum Gasteiger partial charge on any atom is 0.261 e. The number of thiophene rings is 1. The summed E-state index contributed by atoms with van der Waals surface area (Å²) in [5.74, 6) is -2.99. The average Bonchev–Trinajstić information content (AvgIpc) is 3.56. The minimum Gasteiger partial charge on any atom is -0.351 e. The van der Waals surface area contributed by atoms with Crippen LogP contribution in [0.15, 0.2) is 66.0 Å². The quantitative estimate of drug-likeness (QED) is 0.478. The molecule has 0 spiro atoms. The van der Waals surface area contributed by atoms with Crippen molar-refractivity contribution in [2.24, 2.45) is 0 Å². The van der Waals surface area contributed by atoms with Crippen molar-refractivity contribution in [2.75, 3.05) is 11.4 Å². The lowest BCUT2D eigenvalue weighted by atomic mass is 10.0. The van der Waals surface area contributed by atoms with Gasteiger partial charge in [0.1, 0.15) is 17.7 Å². The summed E-state index contributed by atoms with van der Waals surface area (Å²) in [5, 5.41) is 7.21. The minimum absolute atomic E-state index is 0.0230. The molecule has 1 atom stereocenters. The van der Waals surface area contributed by atoms with E-state index in [0.29, 0.717) is 4.88 Å². The number of carbonyl (C=O) groups is 3. The molecule has 2 aromatic carbocycles. The van der Waals surface area contributed by atoms with Crippen LogP contribution >= 0.6 is 11.3 Å². The highest BCUT2D eigenvalue weighted by Gasteiger charge is 2.36. The Kier molecular flexibility index (Phi) is 7.87. The van der Waals surface area contributed by atoms with Crippen molar-refractivity contribution in [3.8, 4) is 0 Å². The molecule has 1 fully saturated rings. The average molecular weight is 498 g/mol. The van der Waals surface area contributed by atoms with Gasteiger partial charge in [-0.1, -0.05) is 43.2 Å². The molecule has 0 aliphatic heterocycles. The fourth-order valence-electron chi connectivity index (χ4n) is 4.24. The molecule has 3 aromatic rings. The number of halogens is 2. The smallest absolute Gasteiger partial charge is 0.261 e. The second-order valence-electron chi connectivity index (χ2n) is 8.32. The number of anilines is 1. The van der Waals surface area contributed by atoms with Gasteiger partial charge in [-0.3, -0.25) is 19.3 Å². The first kappa shape index (κ1) is 24.5. The molecule has 3 amide bonds. The van der Waals surface area contributed by atoms with Gasteiger partial charge in [0.2, 0.25) is 11.8 Å². The van der Waals surface area contributed by atoms with Gasteiger partial charge < -0.3 is 10.6 Å². The summed E-state index contributed by atoms with van der Waals surface area (Å²) in [6, 6.07) is 12.7. The summed E-state index contributed by atoms with van der Waals surface area (Å²) in [6.45, 7) is -0.463. The van der Waals surface area contributed by atoms with E-state index in [0.717, 1.165) is 36.6 Å². The fraction of sp³-hybridized carbons (Fsp3) is 0.269. The van der Waals surface area contributed by atoms with Crippen molar-refractivity contribution < 1.29 is 23.2 Å². The molecule has 0 bridgehead atoms. The van der Waals surface area contributed by atoms with E-state index in [1.165, 1.54) is 47.7 Å². The molecule has 1 heterocycles. The Morgan fingerprint density at radius 1 is 1.00 bits per heavy atom. The van der Waals surface area contributed by atoms with Crippen molar-refractivity contribution in [1.29, 1.82) is 0 Å². The molecule has 2 N–H and O–H groups in total. The molecule has 0 radical (unpaired) electrons. The van der Waals surface area contributed by atoms with Crippen LogP contribution < -0.4 is 15.5 Å². The van der Waals surface area contributed by atoms with Crippen LogP contribution in [0.2, 0.25) is 0 Å². The number of nitrogens with zero attached hydrogens (tertiary/aromatic N) is 1. The molecule has 182 valence electrons. The lowest BCUT2D eigenvalue weighted by Gasteiger charge is -2.32. The topological polar surface area (TPSA) is 78.5 Å². The normalized spacial score (nSPS) is 14.3. The highest BCUT2D eigenvalue weighted by atomic mass is 32.1. The van der Waals surface area contributed by atoms with E-state index in [9.17, 15) is 23.2 Å². The van der Waals surface area contributed by atoms with Gasteiger partial charge in [0.05, 0.1) is 11.4 Å². The predicted molar refractivity (Wildman–Crippen MR) is 130 cm³/mol. The Morgan fingerprint density at radius 3 is 2.46 bits per heavy atom. The van der Waals surface area contributed by atoms with Gasteiger partial charge in [-0.25, -0.2) is 8.78 Å². The maximum absolute atomic E-state index is 15.0. The molecular formula is C26H25F2N3O3S. The van der Waals surface area contributed by atoms with Crippen LogP contribution in [-0.4, -0.2) is 30.3 Å². The van der Waals surface area contributed by atoms with E-state index in [1.54, 1.807) is 23.6 Å². The lowest BCUT2D eigenvalue weighted by molar-refractivity contribution is -0.126. The standard InChI is InChI=1S/C26H25F2N3O3S/c27-17-7-5-10-19(15-17)31(23(32)16-29-25(33)22-13-6-14-35-22)24(20-11-3-4-12-21(20)28)26(34)30-18-8-1-2-9-18/h3-7,10-15,18,24H,1-2,8-9,16H2,(H,29,33)(H,30,34)/t24-/m0/s1. The number of amides is 3. The molecular weight excluding hydrogens is 472 g/mol. The van der Waals surface area contributed by atoms with Gasteiger partial charge in [0, 0.05) is 17.3 Å². The van der Waals surface area contributed by atoms with Crippen LogP contribution in [0.1, 0.15) is 47.0 Å². The largest absolute Gasteiger partial charge is 0.351 e. The maximum atomic E-state index is 15.0. The van der Waals surface area contributed by atoms with Crippen molar-refractivity contribution in [3.63, 3.8) is 0 Å². The first-order chi connectivity index (χ1) is 16.9. The lowest BCUT2D eigenvalue weighted by Crippen LogP contribution is -2.49. The number of benzene rings is 2. The van der Waals surface area contributed by atoms with Crippen LogP contribution in [0.3, 0.4) is 0 Å². The Bertz CT molecular complexity index is 1200. The number of nitrogens with one attached hydrogen (secondary N) is 2. The monoisotopic (exact) mass is 497 g/mol. The molecule has 0 unspecified atom stereocenters. The summed E-state index contributed by atoms with van der Waals surface area (Å²) >= 11 is 1.22. The van der Waals surface area contributed by atoms with Crippen molar-refractivity contribution >= 4 is 34.7 Å². The number of rotatable bonds is 8. The molecule has 1 saturated carbocycles. The van der Waals surface area contributed by atoms with Gasteiger partial charge in [-0.05, 0) is 48.6 Å². The zero-order chi connectivity index (χ0) is 24.8. The number of carbonyl (C=O) groups excluding carboxylic acids is 3. The van der Waals surface area contributed by atoms with Gasteiger partial charge in [0.25, 0.3) is 5.91 Å². The first-order valence-electron chi connectivity index (χ1n) is 11.4. The Morgan fingerprint density at radius 2 is 1.77 bits per heavy atom. The van der Waals surface area contributed by atoms with Gasteiger partial charge in [-0.2, -0.15) is 0 Å². The van der Waals surface area contributed by atoms with Gasteiger partial charge in [0.15, 0.2) is 0 Å². The van der Waals surface area contributed by atoms with Crippen LogP contribution in [0, 0.1) is 11.6 Å². The van der Waals surface area contributed by atoms with Crippen molar-refractivity contribution in [1.82, 2.24) is 10.6 Å².